The van der Waals surface area contributed by atoms with E-state index in [2.05, 4.69) is 51.5 Å². The largest absolute Gasteiger partial charge is 0.350 e. The fourth-order valence-corrected chi connectivity index (χ4v) is 3.45. The van der Waals surface area contributed by atoms with Gasteiger partial charge in [0.05, 0.1) is 17.9 Å². The first kappa shape index (κ1) is 15.3. The third-order valence-electron chi connectivity index (χ3n) is 5.22. The molecule has 7 heteroatoms. The number of fused-ring (bicyclic) bond motifs is 2. The first-order valence-electron chi connectivity index (χ1n) is 9.16. The Morgan fingerprint density at radius 2 is 2.04 bits per heavy atom. The summed E-state index contributed by atoms with van der Waals surface area (Å²) in [6.45, 7) is 4.32. The first-order valence-corrected chi connectivity index (χ1v) is 9.16. The Hall–Kier alpha value is -2.96. The van der Waals surface area contributed by atoms with Gasteiger partial charge in [0.15, 0.2) is 0 Å². The third-order valence-corrected chi connectivity index (χ3v) is 5.22. The van der Waals surface area contributed by atoms with E-state index >= 15 is 0 Å². The molecule has 1 aliphatic carbocycles. The van der Waals surface area contributed by atoms with Crippen molar-refractivity contribution in [1.29, 1.82) is 0 Å². The smallest absolute Gasteiger partial charge is 0.241 e. The average Bonchev–Trinajstić information content (AvgIpc) is 3.31. The first-order chi connectivity index (χ1) is 12.7. The lowest BCUT2D eigenvalue weighted by molar-refractivity contribution is 0.681. The number of nitrogens with one attached hydrogen (secondary N) is 1. The van der Waals surface area contributed by atoms with Gasteiger partial charge < -0.3 is 5.32 Å². The summed E-state index contributed by atoms with van der Waals surface area (Å²) in [5, 5.41) is 8.03. The van der Waals surface area contributed by atoms with Crippen LogP contribution in [0.15, 0.2) is 37.1 Å². The van der Waals surface area contributed by atoms with Crippen LogP contribution in [-0.4, -0.2) is 35.0 Å². The van der Waals surface area contributed by atoms with Crippen molar-refractivity contribution in [3.05, 3.63) is 42.7 Å². The Balaban J connectivity index is 1.52. The lowest BCUT2D eigenvalue weighted by Gasteiger charge is -2.12. The average molecular weight is 347 g/mol. The van der Waals surface area contributed by atoms with E-state index in [0.717, 1.165) is 40.5 Å². The molecule has 0 aliphatic heterocycles. The van der Waals surface area contributed by atoms with Gasteiger partial charge in [-0.1, -0.05) is 6.92 Å². The van der Waals surface area contributed by atoms with Crippen molar-refractivity contribution in [2.24, 2.45) is 5.92 Å². The van der Waals surface area contributed by atoms with E-state index in [9.17, 15) is 0 Å². The zero-order valence-electron chi connectivity index (χ0n) is 14.9. The molecule has 0 unspecified atom stereocenters. The minimum Gasteiger partial charge on any atom is -0.350 e. The Labute approximate surface area is 151 Å². The van der Waals surface area contributed by atoms with Crippen molar-refractivity contribution >= 4 is 17.2 Å². The van der Waals surface area contributed by atoms with Gasteiger partial charge in [0.2, 0.25) is 11.7 Å². The molecular weight excluding hydrogens is 326 g/mol. The van der Waals surface area contributed by atoms with Gasteiger partial charge in [-0.15, -0.1) is 5.10 Å². The maximum Gasteiger partial charge on any atom is 0.241 e. The van der Waals surface area contributed by atoms with Gasteiger partial charge in [-0.2, -0.15) is 0 Å². The van der Waals surface area contributed by atoms with E-state index in [1.165, 1.54) is 12.8 Å². The normalized spacial score (nSPS) is 15.6. The molecule has 4 heterocycles. The number of nitrogens with zero attached hydrogens (tertiary/aromatic N) is 6. The van der Waals surface area contributed by atoms with Gasteiger partial charge in [-0.05, 0) is 38.2 Å². The number of imidazole rings is 1. The molecule has 4 aromatic rings. The fraction of sp³-hybridized carbons (Fsp3) is 0.368. The van der Waals surface area contributed by atoms with Crippen molar-refractivity contribution in [3.8, 4) is 11.1 Å². The standard InChI is InChI=1S/C19H21N7/c1-3-15-9-22-19-21-8-14(11-25(15)19)16-6-7-26-17(16)10-20-18(24-26)23-12(2)13-4-5-13/h6-13H,3-5H2,1-2H3,(H,23,24)/t12-/m1/s1. The third kappa shape index (κ3) is 2.51. The van der Waals surface area contributed by atoms with Crippen molar-refractivity contribution in [2.75, 3.05) is 5.32 Å². The SMILES string of the molecule is CCc1cnc2ncc(-c3ccn4nc(N[C@H](C)C5CC5)ncc34)cn12. The summed E-state index contributed by atoms with van der Waals surface area (Å²) >= 11 is 0. The molecule has 5 rings (SSSR count). The Kier molecular flexibility index (Phi) is 3.41. The van der Waals surface area contributed by atoms with Gasteiger partial charge >= 0.3 is 0 Å². The summed E-state index contributed by atoms with van der Waals surface area (Å²) in [5.74, 6) is 2.16. The molecule has 132 valence electrons. The van der Waals surface area contributed by atoms with Gasteiger partial charge in [-0.3, -0.25) is 4.40 Å². The zero-order valence-corrected chi connectivity index (χ0v) is 14.9. The molecule has 0 saturated heterocycles. The number of aryl methyl sites for hydroxylation is 1. The molecule has 1 N–H and O–H groups in total. The molecule has 0 aromatic carbocycles. The molecule has 1 aliphatic rings. The van der Waals surface area contributed by atoms with Crippen molar-refractivity contribution in [1.82, 2.24) is 29.0 Å². The van der Waals surface area contributed by atoms with Crippen LogP contribution >= 0.6 is 0 Å². The molecule has 1 fully saturated rings. The van der Waals surface area contributed by atoms with Crippen LogP contribution in [0.4, 0.5) is 5.95 Å². The van der Waals surface area contributed by atoms with Crippen molar-refractivity contribution in [2.45, 2.75) is 39.2 Å². The van der Waals surface area contributed by atoms with Crippen LogP contribution in [0.25, 0.3) is 22.4 Å². The van der Waals surface area contributed by atoms with Gasteiger partial charge in [0, 0.05) is 41.5 Å². The quantitative estimate of drug-likeness (QED) is 0.600. The van der Waals surface area contributed by atoms with E-state index < -0.39 is 0 Å². The lowest BCUT2D eigenvalue weighted by Crippen LogP contribution is -2.19. The molecule has 1 atom stereocenters. The molecule has 0 bridgehead atoms. The van der Waals surface area contributed by atoms with E-state index in [1.54, 1.807) is 0 Å². The van der Waals surface area contributed by atoms with Crippen LogP contribution in [0.1, 0.15) is 32.4 Å². The molecule has 4 aromatic heterocycles. The van der Waals surface area contributed by atoms with Crippen molar-refractivity contribution in [3.63, 3.8) is 0 Å². The highest BCUT2D eigenvalue weighted by Gasteiger charge is 2.28. The molecule has 0 amide bonds. The number of aromatic nitrogens is 6. The predicted octanol–water partition coefficient (Wildman–Crippen LogP) is 3.21. The summed E-state index contributed by atoms with van der Waals surface area (Å²) in [4.78, 5) is 13.4. The summed E-state index contributed by atoms with van der Waals surface area (Å²) in [5.41, 5.74) is 4.21. The summed E-state index contributed by atoms with van der Waals surface area (Å²) in [7, 11) is 0. The van der Waals surface area contributed by atoms with Crippen LogP contribution in [0.5, 0.6) is 0 Å². The molecule has 0 spiro atoms. The monoisotopic (exact) mass is 347 g/mol. The van der Waals surface area contributed by atoms with Gasteiger partial charge in [0.25, 0.3) is 0 Å². The van der Waals surface area contributed by atoms with Crippen molar-refractivity contribution < 1.29 is 0 Å². The zero-order chi connectivity index (χ0) is 17.7. The highest BCUT2D eigenvalue weighted by atomic mass is 15.3. The maximum atomic E-state index is 4.61. The second-order valence-corrected chi connectivity index (χ2v) is 7.03. The van der Waals surface area contributed by atoms with E-state index in [-0.39, 0.29) is 0 Å². The number of hydrogen-bond acceptors (Lipinski definition) is 5. The maximum absolute atomic E-state index is 4.61. The Morgan fingerprint density at radius 1 is 1.19 bits per heavy atom. The molecule has 7 nitrogen and oxygen atoms in total. The summed E-state index contributed by atoms with van der Waals surface area (Å²) < 4.78 is 3.93. The van der Waals surface area contributed by atoms with E-state index in [0.29, 0.717) is 12.0 Å². The predicted molar refractivity (Wildman–Crippen MR) is 100 cm³/mol. The second-order valence-electron chi connectivity index (χ2n) is 7.03. The summed E-state index contributed by atoms with van der Waals surface area (Å²) in [6, 6.07) is 2.48. The Bertz CT molecular complexity index is 1090. The molecular formula is C19H21N7. The minimum absolute atomic E-state index is 0.419. The van der Waals surface area contributed by atoms with E-state index in [4.69, 9.17) is 0 Å². The number of rotatable bonds is 5. The van der Waals surface area contributed by atoms with Gasteiger partial charge in [-0.25, -0.2) is 19.5 Å². The van der Waals surface area contributed by atoms with Gasteiger partial charge in [0.1, 0.15) is 0 Å². The Morgan fingerprint density at radius 3 is 2.85 bits per heavy atom. The van der Waals surface area contributed by atoms with Crippen LogP contribution in [-0.2, 0) is 6.42 Å². The van der Waals surface area contributed by atoms with E-state index in [1.807, 2.05) is 33.7 Å². The van der Waals surface area contributed by atoms with Crippen LogP contribution < -0.4 is 5.32 Å². The summed E-state index contributed by atoms with van der Waals surface area (Å²) in [6.07, 6.45) is 13.2. The van der Waals surface area contributed by atoms with Crippen LogP contribution in [0.3, 0.4) is 0 Å². The molecule has 1 saturated carbocycles. The fourth-order valence-electron chi connectivity index (χ4n) is 3.45. The lowest BCUT2D eigenvalue weighted by atomic mass is 10.1. The molecule has 0 radical (unpaired) electrons. The highest BCUT2D eigenvalue weighted by molar-refractivity contribution is 5.79. The number of anilines is 1. The highest BCUT2D eigenvalue weighted by Crippen LogP contribution is 2.33. The number of hydrogen-bond donors (Lipinski definition) is 1. The second kappa shape index (κ2) is 5.79. The topological polar surface area (TPSA) is 72.4 Å². The molecule has 26 heavy (non-hydrogen) atoms. The minimum atomic E-state index is 0.419. The van der Waals surface area contributed by atoms with Crippen LogP contribution in [0.2, 0.25) is 0 Å². The van der Waals surface area contributed by atoms with Crippen LogP contribution in [0, 0.1) is 5.92 Å².